The predicted octanol–water partition coefficient (Wildman–Crippen LogP) is 3.93. The van der Waals surface area contributed by atoms with Crippen molar-refractivity contribution >= 4 is 16.6 Å². The van der Waals surface area contributed by atoms with Gasteiger partial charge in [0.25, 0.3) is 0 Å². The van der Waals surface area contributed by atoms with Gasteiger partial charge >= 0.3 is 0 Å². The molecule has 25 heavy (non-hydrogen) atoms. The summed E-state index contributed by atoms with van der Waals surface area (Å²) in [6, 6.07) is 9.82. The van der Waals surface area contributed by atoms with Crippen molar-refractivity contribution in [2.75, 3.05) is 20.7 Å². The molecule has 1 aliphatic rings. The van der Waals surface area contributed by atoms with Gasteiger partial charge in [-0.25, -0.2) is 0 Å². The second kappa shape index (κ2) is 5.89. The van der Waals surface area contributed by atoms with Crippen molar-refractivity contribution in [2.45, 2.75) is 13.0 Å². The maximum absolute atomic E-state index is 11.2. The van der Waals surface area contributed by atoms with Crippen LogP contribution in [0, 0.1) is 4.91 Å². The zero-order valence-electron chi connectivity index (χ0n) is 14.2. The molecule has 0 spiro atoms. The molecule has 2 aromatic carbocycles. The third-order valence-corrected chi connectivity index (χ3v) is 4.92. The second-order valence-electron chi connectivity index (χ2n) is 6.44. The molecule has 0 radical (unpaired) electrons. The minimum Gasteiger partial charge on any atom is -0.497 e. The summed E-state index contributed by atoms with van der Waals surface area (Å²) < 4.78 is 5.35. The number of likely N-dealkylation sites (N-methyl/N-ethyl adjacent to an activating group) is 1. The van der Waals surface area contributed by atoms with Crippen LogP contribution in [-0.2, 0) is 13.0 Å². The summed E-state index contributed by atoms with van der Waals surface area (Å²) in [5.41, 5.74) is 5.28. The minimum atomic E-state index is -0.178. The molecule has 0 unspecified atom stereocenters. The maximum Gasteiger partial charge on any atom is 0.219 e. The Morgan fingerprint density at radius 1 is 1.28 bits per heavy atom. The van der Waals surface area contributed by atoms with Crippen LogP contribution >= 0.6 is 0 Å². The predicted molar refractivity (Wildman–Crippen MR) is 97.4 cm³/mol. The highest BCUT2D eigenvalue weighted by Gasteiger charge is 2.24. The summed E-state index contributed by atoms with van der Waals surface area (Å²) in [7, 11) is 3.71. The van der Waals surface area contributed by atoms with E-state index in [9.17, 15) is 10.0 Å². The molecule has 0 aliphatic carbocycles. The number of nitroso groups, excluding NO2 is 1. The fraction of sp³-hybridized carbons (Fsp3) is 0.263. The van der Waals surface area contributed by atoms with Crippen LogP contribution in [-0.4, -0.2) is 35.7 Å². The van der Waals surface area contributed by atoms with Gasteiger partial charge in [0.05, 0.1) is 12.6 Å². The summed E-state index contributed by atoms with van der Waals surface area (Å²) in [5, 5.41) is 13.7. The number of aromatic hydroxyl groups is 1. The molecule has 128 valence electrons. The zero-order chi connectivity index (χ0) is 17.6. The van der Waals surface area contributed by atoms with Crippen molar-refractivity contribution in [3.05, 3.63) is 46.4 Å². The van der Waals surface area contributed by atoms with Gasteiger partial charge < -0.3 is 19.7 Å². The Kier molecular flexibility index (Phi) is 3.69. The number of fused-ring (bicyclic) bond motifs is 3. The van der Waals surface area contributed by atoms with Crippen LogP contribution in [0.2, 0.25) is 0 Å². The van der Waals surface area contributed by atoms with Crippen molar-refractivity contribution < 1.29 is 9.84 Å². The van der Waals surface area contributed by atoms with Crippen molar-refractivity contribution in [1.82, 2.24) is 9.88 Å². The van der Waals surface area contributed by atoms with Crippen LogP contribution < -0.4 is 4.74 Å². The van der Waals surface area contributed by atoms with E-state index in [0.29, 0.717) is 5.39 Å². The number of ether oxygens (including phenoxy) is 1. The number of hydrogen-bond donors (Lipinski definition) is 2. The Balaban J connectivity index is 2.05. The number of benzene rings is 2. The summed E-state index contributed by atoms with van der Waals surface area (Å²) in [6.07, 6.45) is 0.901. The van der Waals surface area contributed by atoms with Gasteiger partial charge in [-0.3, -0.25) is 0 Å². The number of rotatable bonds is 3. The van der Waals surface area contributed by atoms with Crippen LogP contribution in [0.1, 0.15) is 11.1 Å². The maximum atomic E-state index is 11.2. The lowest BCUT2D eigenvalue weighted by Gasteiger charge is -2.27. The Hall–Kier alpha value is -2.86. The van der Waals surface area contributed by atoms with Gasteiger partial charge in [0.2, 0.25) is 5.88 Å². The molecule has 0 bridgehead atoms. The normalized spacial score (nSPS) is 14.5. The van der Waals surface area contributed by atoms with Crippen LogP contribution in [0.15, 0.2) is 35.5 Å². The van der Waals surface area contributed by atoms with Crippen molar-refractivity contribution in [3.8, 4) is 22.8 Å². The number of aromatic nitrogens is 1. The smallest absolute Gasteiger partial charge is 0.219 e. The Bertz CT molecular complexity index is 978. The first kappa shape index (κ1) is 15.7. The van der Waals surface area contributed by atoms with Gasteiger partial charge in [-0.15, -0.1) is 4.91 Å². The monoisotopic (exact) mass is 337 g/mol. The van der Waals surface area contributed by atoms with E-state index < -0.39 is 0 Å². The van der Waals surface area contributed by atoms with E-state index >= 15 is 0 Å². The molecule has 0 atom stereocenters. The second-order valence-corrected chi connectivity index (χ2v) is 6.44. The van der Waals surface area contributed by atoms with Crippen molar-refractivity contribution in [3.63, 3.8) is 0 Å². The number of H-pyrrole nitrogens is 1. The van der Waals surface area contributed by atoms with E-state index in [1.807, 2.05) is 30.3 Å². The summed E-state index contributed by atoms with van der Waals surface area (Å²) in [4.78, 5) is 16.4. The Labute approximate surface area is 145 Å². The lowest BCUT2D eigenvalue weighted by molar-refractivity contribution is 0.314. The number of methoxy groups -OCH3 is 1. The first-order valence-corrected chi connectivity index (χ1v) is 8.18. The first-order valence-electron chi connectivity index (χ1n) is 8.18. The molecule has 0 saturated heterocycles. The van der Waals surface area contributed by atoms with E-state index in [4.69, 9.17) is 4.74 Å². The molecule has 6 nitrogen and oxygen atoms in total. The largest absolute Gasteiger partial charge is 0.497 e. The number of hydrogen-bond acceptors (Lipinski definition) is 5. The number of nitrogens with one attached hydrogen (secondary N) is 1. The average molecular weight is 337 g/mol. The lowest BCUT2D eigenvalue weighted by atomic mass is 9.88. The lowest BCUT2D eigenvalue weighted by Crippen LogP contribution is -2.27. The van der Waals surface area contributed by atoms with Crippen LogP contribution in [0.3, 0.4) is 0 Å². The molecule has 6 heteroatoms. The third-order valence-electron chi connectivity index (χ3n) is 4.92. The summed E-state index contributed by atoms with van der Waals surface area (Å²) in [5.74, 6) is 0.605. The summed E-state index contributed by atoms with van der Waals surface area (Å²) in [6.45, 7) is 1.71. The first-order chi connectivity index (χ1) is 12.1. The van der Waals surface area contributed by atoms with Crippen molar-refractivity contribution in [1.29, 1.82) is 0 Å². The molecule has 1 aliphatic heterocycles. The molecule has 0 amide bonds. The van der Waals surface area contributed by atoms with E-state index in [1.54, 1.807) is 7.11 Å². The highest BCUT2D eigenvalue weighted by atomic mass is 16.5. The highest BCUT2D eigenvalue weighted by Crippen LogP contribution is 2.43. The van der Waals surface area contributed by atoms with Gasteiger partial charge in [0, 0.05) is 18.5 Å². The third kappa shape index (κ3) is 2.46. The molecule has 2 N–H and O–H groups in total. The van der Waals surface area contributed by atoms with E-state index in [1.165, 1.54) is 5.56 Å². The highest BCUT2D eigenvalue weighted by molar-refractivity contribution is 6.00. The van der Waals surface area contributed by atoms with E-state index in [-0.39, 0.29) is 11.6 Å². The molecular weight excluding hydrogens is 318 g/mol. The van der Waals surface area contributed by atoms with Crippen LogP contribution in [0.25, 0.3) is 22.0 Å². The fourth-order valence-electron chi connectivity index (χ4n) is 3.67. The van der Waals surface area contributed by atoms with Crippen molar-refractivity contribution in [2.24, 2.45) is 5.18 Å². The van der Waals surface area contributed by atoms with Crippen LogP contribution in [0.4, 0.5) is 5.69 Å². The standard InChI is InChI=1S/C19H19N3O3/c1-22-7-6-13-14(11-4-3-5-12(8-11)25-2)9-15-17(16(13)10-22)20-19(23)18(15)21-24/h3-5,8-9,20,23H,6-7,10H2,1-2H3. The van der Waals surface area contributed by atoms with Gasteiger partial charge in [0.15, 0.2) is 5.69 Å². The fourth-order valence-corrected chi connectivity index (χ4v) is 3.67. The van der Waals surface area contributed by atoms with Crippen LogP contribution in [0.5, 0.6) is 11.6 Å². The molecular formula is C19H19N3O3. The van der Waals surface area contributed by atoms with Gasteiger partial charge in [-0.1, -0.05) is 12.1 Å². The zero-order valence-corrected chi connectivity index (χ0v) is 14.2. The van der Waals surface area contributed by atoms with Gasteiger partial charge in [-0.2, -0.15) is 0 Å². The SMILES string of the molecule is COc1cccc(-c2cc3c(N=O)c(O)[nH]c3c3c2CCN(C)C3)c1. The quantitative estimate of drug-likeness (QED) is 0.710. The average Bonchev–Trinajstić information content (AvgIpc) is 2.96. The molecule has 2 heterocycles. The summed E-state index contributed by atoms with van der Waals surface area (Å²) >= 11 is 0. The molecule has 3 aromatic rings. The number of nitrogens with zero attached hydrogens (tertiary/aromatic N) is 2. The van der Waals surface area contributed by atoms with Gasteiger partial charge in [0.1, 0.15) is 5.75 Å². The Morgan fingerprint density at radius 2 is 2.12 bits per heavy atom. The molecule has 0 saturated carbocycles. The minimum absolute atomic E-state index is 0.0650. The topological polar surface area (TPSA) is 77.9 Å². The van der Waals surface area contributed by atoms with E-state index in [2.05, 4.69) is 22.1 Å². The molecule has 1 aromatic heterocycles. The number of aromatic amines is 1. The molecule has 0 fully saturated rings. The molecule has 4 rings (SSSR count). The van der Waals surface area contributed by atoms with Gasteiger partial charge in [-0.05, 0) is 59.1 Å². The van der Waals surface area contributed by atoms with E-state index in [0.717, 1.165) is 47.5 Å². The Morgan fingerprint density at radius 3 is 2.88 bits per heavy atom.